The van der Waals surface area contributed by atoms with E-state index in [9.17, 15) is 14.7 Å². The van der Waals surface area contributed by atoms with Gasteiger partial charge in [0.2, 0.25) is 5.91 Å². The highest BCUT2D eigenvalue weighted by atomic mass is 16.4. The number of carbonyl (C=O) groups excluding carboxylic acids is 1. The van der Waals surface area contributed by atoms with Gasteiger partial charge < -0.3 is 16.2 Å². The molecule has 2 aliphatic rings. The van der Waals surface area contributed by atoms with Crippen LogP contribution in [0.4, 0.5) is 0 Å². The van der Waals surface area contributed by atoms with Gasteiger partial charge in [0.1, 0.15) is 0 Å². The molecule has 0 saturated heterocycles. The summed E-state index contributed by atoms with van der Waals surface area (Å²) < 4.78 is 0. The number of aliphatic carboxylic acids is 1. The monoisotopic (exact) mass is 240 g/mol. The Labute approximate surface area is 101 Å². The highest BCUT2D eigenvalue weighted by molar-refractivity contribution is 5.83. The van der Waals surface area contributed by atoms with E-state index < -0.39 is 17.9 Å². The van der Waals surface area contributed by atoms with Crippen LogP contribution in [0.15, 0.2) is 0 Å². The molecule has 2 bridgehead atoms. The molecule has 2 aliphatic carbocycles. The number of carboxylic acid groups (broad SMARTS) is 1. The van der Waals surface area contributed by atoms with Crippen molar-refractivity contribution in [1.82, 2.24) is 5.32 Å². The number of nitrogens with one attached hydrogen (secondary N) is 1. The first-order chi connectivity index (χ1) is 8.04. The maximum absolute atomic E-state index is 11.7. The average molecular weight is 240 g/mol. The molecule has 0 aromatic rings. The molecule has 0 aromatic heterocycles. The third-order valence-corrected chi connectivity index (χ3v) is 4.29. The third kappa shape index (κ3) is 2.16. The predicted molar refractivity (Wildman–Crippen MR) is 62.2 cm³/mol. The minimum Gasteiger partial charge on any atom is -0.481 e. The number of hydrogen-bond donors (Lipinski definition) is 3. The van der Waals surface area contributed by atoms with Crippen LogP contribution in [0.3, 0.4) is 0 Å². The fourth-order valence-corrected chi connectivity index (χ4v) is 3.31. The van der Waals surface area contributed by atoms with E-state index in [2.05, 4.69) is 5.32 Å². The Hall–Kier alpha value is -1.10. The summed E-state index contributed by atoms with van der Waals surface area (Å²) in [4.78, 5) is 23.0. The fourth-order valence-electron chi connectivity index (χ4n) is 3.31. The van der Waals surface area contributed by atoms with Crippen molar-refractivity contribution in [3.8, 4) is 0 Å². The molecule has 5 unspecified atom stereocenters. The molecule has 2 fully saturated rings. The van der Waals surface area contributed by atoms with Crippen molar-refractivity contribution in [2.75, 3.05) is 0 Å². The molecule has 96 valence electrons. The topological polar surface area (TPSA) is 92.4 Å². The van der Waals surface area contributed by atoms with E-state index in [1.807, 2.05) is 6.92 Å². The summed E-state index contributed by atoms with van der Waals surface area (Å²) in [5.41, 5.74) is 5.65. The quantitative estimate of drug-likeness (QED) is 0.660. The van der Waals surface area contributed by atoms with Gasteiger partial charge >= 0.3 is 5.97 Å². The maximum atomic E-state index is 11.7. The van der Waals surface area contributed by atoms with Crippen molar-refractivity contribution in [3.05, 3.63) is 0 Å². The summed E-state index contributed by atoms with van der Waals surface area (Å²) in [5.74, 6) is -0.847. The lowest BCUT2D eigenvalue weighted by Gasteiger charge is -2.29. The van der Waals surface area contributed by atoms with Crippen LogP contribution in [0.25, 0.3) is 0 Å². The second-order valence-corrected chi connectivity index (χ2v) is 5.25. The van der Waals surface area contributed by atoms with Crippen molar-refractivity contribution < 1.29 is 14.7 Å². The molecular weight excluding hydrogens is 220 g/mol. The van der Waals surface area contributed by atoms with Gasteiger partial charge in [-0.1, -0.05) is 6.92 Å². The Morgan fingerprint density at radius 1 is 1.41 bits per heavy atom. The first-order valence-corrected chi connectivity index (χ1v) is 6.33. The van der Waals surface area contributed by atoms with Gasteiger partial charge in [-0.15, -0.1) is 0 Å². The second-order valence-electron chi connectivity index (χ2n) is 5.25. The zero-order chi connectivity index (χ0) is 12.6. The SMILES string of the molecule is CCC(N)C(=O)NC1C2CCC(C2)C1C(=O)O. The predicted octanol–water partition coefficient (Wildman–Crippen LogP) is 0.339. The van der Waals surface area contributed by atoms with Crippen LogP contribution in [0.1, 0.15) is 32.6 Å². The van der Waals surface area contributed by atoms with Gasteiger partial charge in [-0.2, -0.15) is 0 Å². The van der Waals surface area contributed by atoms with Gasteiger partial charge in [0.15, 0.2) is 0 Å². The highest BCUT2D eigenvalue weighted by Crippen LogP contribution is 2.48. The molecule has 1 amide bonds. The summed E-state index contributed by atoms with van der Waals surface area (Å²) in [5, 5.41) is 12.1. The molecule has 0 heterocycles. The summed E-state index contributed by atoms with van der Waals surface area (Å²) >= 11 is 0. The van der Waals surface area contributed by atoms with Gasteiger partial charge in [0.25, 0.3) is 0 Å². The van der Waals surface area contributed by atoms with E-state index >= 15 is 0 Å². The van der Waals surface area contributed by atoms with Crippen molar-refractivity contribution in [3.63, 3.8) is 0 Å². The largest absolute Gasteiger partial charge is 0.481 e. The number of carbonyl (C=O) groups is 2. The summed E-state index contributed by atoms with van der Waals surface area (Å²) in [7, 11) is 0. The van der Waals surface area contributed by atoms with E-state index in [-0.39, 0.29) is 17.9 Å². The minimum absolute atomic E-state index is 0.212. The van der Waals surface area contributed by atoms with Gasteiger partial charge in [-0.05, 0) is 37.5 Å². The van der Waals surface area contributed by atoms with Crippen LogP contribution in [-0.2, 0) is 9.59 Å². The van der Waals surface area contributed by atoms with Crippen LogP contribution in [0.2, 0.25) is 0 Å². The summed E-state index contributed by atoms with van der Waals surface area (Å²) in [6.07, 6.45) is 3.52. The number of carboxylic acids is 1. The molecule has 2 saturated carbocycles. The smallest absolute Gasteiger partial charge is 0.308 e. The molecule has 4 N–H and O–H groups in total. The number of nitrogens with two attached hydrogens (primary N) is 1. The number of amides is 1. The van der Waals surface area contributed by atoms with Gasteiger partial charge in [-0.25, -0.2) is 0 Å². The molecule has 0 spiro atoms. The molecule has 17 heavy (non-hydrogen) atoms. The van der Waals surface area contributed by atoms with E-state index in [1.54, 1.807) is 0 Å². The summed E-state index contributed by atoms with van der Waals surface area (Å²) in [6.45, 7) is 1.85. The zero-order valence-electron chi connectivity index (χ0n) is 10.1. The molecule has 0 aromatic carbocycles. The Balaban J connectivity index is 2.04. The normalized spacial score (nSPS) is 36.8. The lowest BCUT2D eigenvalue weighted by Crippen LogP contribution is -2.51. The minimum atomic E-state index is -0.785. The van der Waals surface area contributed by atoms with E-state index in [0.29, 0.717) is 12.3 Å². The van der Waals surface area contributed by atoms with Crippen LogP contribution < -0.4 is 11.1 Å². The Morgan fingerprint density at radius 2 is 2.06 bits per heavy atom. The van der Waals surface area contributed by atoms with Crippen LogP contribution in [0, 0.1) is 17.8 Å². The Morgan fingerprint density at radius 3 is 2.65 bits per heavy atom. The van der Waals surface area contributed by atoms with Crippen molar-refractivity contribution in [2.24, 2.45) is 23.5 Å². The molecule has 0 radical (unpaired) electrons. The average Bonchev–Trinajstić information content (AvgIpc) is 2.87. The zero-order valence-corrected chi connectivity index (χ0v) is 10.1. The standard InChI is InChI=1S/C12H20N2O3/c1-2-8(13)11(15)14-10-7-4-3-6(5-7)9(10)12(16)17/h6-10H,2-5,13H2,1H3,(H,14,15)(H,16,17). The van der Waals surface area contributed by atoms with E-state index in [1.165, 1.54) is 0 Å². The first kappa shape index (κ1) is 12.4. The highest BCUT2D eigenvalue weighted by Gasteiger charge is 2.51. The van der Waals surface area contributed by atoms with Crippen LogP contribution >= 0.6 is 0 Å². The van der Waals surface area contributed by atoms with Gasteiger partial charge in [0.05, 0.1) is 12.0 Å². The fraction of sp³-hybridized carbons (Fsp3) is 0.833. The number of rotatable bonds is 4. The second kappa shape index (κ2) is 4.64. The molecule has 2 rings (SSSR count). The van der Waals surface area contributed by atoms with E-state index in [4.69, 9.17) is 5.73 Å². The van der Waals surface area contributed by atoms with Crippen LogP contribution in [-0.4, -0.2) is 29.1 Å². The molecule has 0 aliphatic heterocycles. The molecule has 5 nitrogen and oxygen atoms in total. The molecule has 5 heteroatoms. The van der Waals surface area contributed by atoms with Gasteiger partial charge in [0, 0.05) is 6.04 Å². The van der Waals surface area contributed by atoms with Crippen molar-refractivity contribution in [1.29, 1.82) is 0 Å². The maximum Gasteiger partial charge on any atom is 0.308 e. The Kier molecular flexibility index (Phi) is 3.38. The lowest BCUT2D eigenvalue weighted by molar-refractivity contribution is -0.144. The number of fused-ring (bicyclic) bond motifs is 2. The molecule has 5 atom stereocenters. The first-order valence-electron chi connectivity index (χ1n) is 6.33. The summed E-state index contributed by atoms with van der Waals surface area (Å²) in [6, 6.07) is -0.736. The Bertz CT molecular complexity index is 332. The van der Waals surface area contributed by atoms with Crippen LogP contribution in [0.5, 0.6) is 0 Å². The molecular formula is C12H20N2O3. The van der Waals surface area contributed by atoms with Gasteiger partial charge in [-0.3, -0.25) is 9.59 Å². The lowest BCUT2D eigenvalue weighted by atomic mass is 9.84. The third-order valence-electron chi connectivity index (χ3n) is 4.29. The van der Waals surface area contributed by atoms with Crippen molar-refractivity contribution >= 4 is 11.9 Å². The van der Waals surface area contributed by atoms with Crippen molar-refractivity contribution in [2.45, 2.75) is 44.7 Å². The van der Waals surface area contributed by atoms with E-state index in [0.717, 1.165) is 19.3 Å². The number of hydrogen-bond acceptors (Lipinski definition) is 3.